The first-order chi connectivity index (χ1) is 9.29. The molecule has 0 radical (unpaired) electrons. The quantitative estimate of drug-likeness (QED) is 0.704. The van der Waals surface area contributed by atoms with E-state index in [1.165, 1.54) is 0 Å². The molecule has 4 heteroatoms. The molecule has 0 atom stereocenters. The van der Waals surface area contributed by atoms with E-state index in [0.29, 0.717) is 6.54 Å². The van der Waals surface area contributed by atoms with Crippen LogP contribution in [-0.2, 0) is 6.54 Å². The summed E-state index contributed by atoms with van der Waals surface area (Å²) in [5.74, 6) is 0.857. The van der Waals surface area contributed by atoms with Crippen LogP contribution in [0.3, 0.4) is 0 Å². The third-order valence-corrected chi connectivity index (χ3v) is 3.15. The van der Waals surface area contributed by atoms with Crippen LogP contribution in [-0.4, -0.2) is 21.3 Å². The molecule has 0 aliphatic heterocycles. The van der Waals surface area contributed by atoms with Crippen LogP contribution in [0.5, 0.6) is 0 Å². The maximum atomic E-state index is 9.24. The van der Waals surface area contributed by atoms with Crippen LogP contribution in [0.2, 0.25) is 0 Å². The fraction of sp³-hybridized carbons (Fsp3) is 0.133. The van der Waals surface area contributed by atoms with Gasteiger partial charge in [-0.15, -0.1) is 0 Å². The summed E-state index contributed by atoms with van der Waals surface area (Å²) in [5.41, 5.74) is 9.40. The van der Waals surface area contributed by atoms with Crippen molar-refractivity contribution in [1.29, 1.82) is 0 Å². The van der Waals surface area contributed by atoms with E-state index < -0.39 is 0 Å². The van der Waals surface area contributed by atoms with E-state index in [2.05, 4.69) is 4.98 Å². The molecule has 1 heterocycles. The van der Waals surface area contributed by atoms with E-state index in [0.717, 1.165) is 28.1 Å². The lowest BCUT2D eigenvalue weighted by Gasteiger charge is -2.07. The molecule has 0 fully saturated rings. The van der Waals surface area contributed by atoms with E-state index in [9.17, 15) is 5.11 Å². The summed E-state index contributed by atoms with van der Waals surface area (Å²) < 4.78 is 2.03. The lowest BCUT2D eigenvalue weighted by Crippen LogP contribution is -2.04. The van der Waals surface area contributed by atoms with Gasteiger partial charge in [-0.25, -0.2) is 4.98 Å². The standard InChI is InChI=1S/C15H15N3O/c16-12-7-5-11(6-8-12)15-17-13-3-1-2-4-14(13)18(15)9-10-19/h1-8,19H,9-10,16H2. The molecule has 0 aliphatic carbocycles. The van der Waals surface area contributed by atoms with Crippen LogP contribution in [0, 0.1) is 0 Å². The second-order valence-corrected chi connectivity index (χ2v) is 4.42. The average molecular weight is 253 g/mol. The van der Waals surface area contributed by atoms with Crippen molar-refractivity contribution in [3.05, 3.63) is 48.5 Å². The number of aliphatic hydroxyl groups excluding tert-OH is 1. The van der Waals surface area contributed by atoms with Crippen molar-refractivity contribution in [2.45, 2.75) is 6.54 Å². The predicted octanol–water partition coefficient (Wildman–Crippen LogP) is 2.28. The van der Waals surface area contributed by atoms with Crippen LogP contribution in [0.25, 0.3) is 22.4 Å². The van der Waals surface area contributed by atoms with E-state index in [-0.39, 0.29) is 6.61 Å². The van der Waals surface area contributed by atoms with Gasteiger partial charge in [-0.05, 0) is 36.4 Å². The number of imidazole rings is 1. The second kappa shape index (κ2) is 4.74. The van der Waals surface area contributed by atoms with Gasteiger partial charge in [0.25, 0.3) is 0 Å². The Kier molecular flexibility index (Phi) is 2.93. The molecule has 19 heavy (non-hydrogen) atoms. The SMILES string of the molecule is Nc1ccc(-c2nc3ccccc3n2CCO)cc1. The van der Waals surface area contributed by atoms with E-state index >= 15 is 0 Å². The average Bonchev–Trinajstić information content (AvgIpc) is 2.79. The number of anilines is 1. The normalized spacial score (nSPS) is 11.0. The van der Waals surface area contributed by atoms with Gasteiger partial charge in [0.05, 0.1) is 17.6 Å². The molecule has 0 amide bonds. The minimum absolute atomic E-state index is 0.0856. The van der Waals surface area contributed by atoms with Gasteiger partial charge in [0.1, 0.15) is 5.82 Å². The maximum Gasteiger partial charge on any atom is 0.141 e. The van der Waals surface area contributed by atoms with Gasteiger partial charge in [-0.1, -0.05) is 12.1 Å². The maximum absolute atomic E-state index is 9.24. The van der Waals surface area contributed by atoms with Gasteiger partial charge >= 0.3 is 0 Å². The van der Waals surface area contributed by atoms with Crippen molar-refractivity contribution in [2.24, 2.45) is 0 Å². The van der Waals surface area contributed by atoms with Crippen LogP contribution in [0.15, 0.2) is 48.5 Å². The fourth-order valence-corrected chi connectivity index (χ4v) is 2.25. The summed E-state index contributed by atoms with van der Waals surface area (Å²) in [6, 6.07) is 15.5. The summed E-state index contributed by atoms with van der Waals surface area (Å²) >= 11 is 0. The molecule has 3 N–H and O–H groups in total. The number of aromatic nitrogens is 2. The van der Waals surface area contributed by atoms with E-state index in [4.69, 9.17) is 5.73 Å². The van der Waals surface area contributed by atoms with Crippen molar-refractivity contribution >= 4 is 16.7 Å². The largest absolute Gasteiger partial charge is 0.399 e. The molecular weight excluding hydrogens is 238 g/mol. The van der Waals surface area contributed by atoms with E-state index in [1.807, 2.05) is 53.1 Å². The first-order valence-electron chi connectivity index (χ1n) is 6.21. The van der Waals surface area contributed by atoms with Gasteiger partial charge < -0.3 is 15.4 Å². The summed E-state index contributed by atoms with van der Waals surface area (Å²) in [5, 5.41) is 9.24. The molecule has 0 saturated carbocycles. The third-order valence-electron chi connectivity index (χ3n) is 3.15. The number of hydrogen-bond acceptors (Lipinski definition) is 3. The highest BCUT2D eigenvalue weighted by Gasteiger charge is 2.11. The summed E-state index contributed by atoms with van der Waals surface area (Å²) in [6.07, 6.45) is 0. The lowest BCUT2D eigenvalue weighted by molar-refractivity contribution is 0.278. The fourth-order valence-electron chi connectivity index (χ4n) is 2.25. The van der Waals surface area contributed by atoms with Crippen LogP contribution in [0.1, 0.15) is 0 Å². The molecule has 0 unspecified atom stereocenters. The van der Waals surface area contributed by atoms with Gasteiger partial charge in [0.15, 0.2) is 0 Å². The number of nitrogens with zero attached hydrogens (tertiary/aromatic N) is 2. The highest BCUT2D eigenvalue weighted by Crippen LogP contribution is 2.25. The Bertz CT molecular complexity index is 701. The Morgan fingerprint density at radius 2 is 1.79 bits per heavy atom. The van der Waals surface area contributed by atoms with Crippen LogP contribution < -0.4 is 5.73 Å². The number of para-hydroxylation sites is 2. The molecule has 2 aromatic carbocycles. The molecule has 1 aromatic heterocycles. The second-order valence-electron chi connectivity index (χ2n) is 4.42. The number of rotatable bonds is 3. The number of nitrogen functional groups attached to an aromatic ring is 1. The highest BCUT2D eigenvalue weighted by atomic mass is 16.3. The van der Waals surface area contributed by atoms with Gasteiger partial charge in [0.2, 0.25) is 0 Å². The van der Waals surface area contributed by atoms with E-state index in [1.54, 1.807) is 0 Å². The molecule has 0 bridgehead atoms. The molecule has 96 valence electrons. The minimum Gasteiger partial charge on any atom is -0.399 e. The smallest absolute Gasteiger partial charge is 0.141 e. The number of aliphatic hydroxyl groups is 1. The highest BCUT2D eigenvalue weighted by molar-refractivity contribution is 5.80. The van der Waals surface area contributed by atoms with Crippen molar-refractivity contribution in [3.63, 3.8) is 0 Å². The lowest BCUT2D eigenvalue weighted by atomic mass is 10.2. The van der Waals surface area contributed by atoms with Gasteiger partial charge in [-0.2, -0.15) is 0 Å². The molecular formula is C15H15N3O. The Morgan fingerprint density at radius 3 is 2.53 bits per heavy atom. The number of hydrogen-bond donors (Lipinski definition) is 2. The Balaban J connectivity index is 2.21. The summed E-state index contributed by atoms with van der Waals surface area (Å²) in [4.78, 5) is 4.64. The van der Waals surface area contributed by atoms with Crippen LogP contribution in [0.4, 0.5) is 5.69 Å². The zero-order chi connectivity index (χ0) is 13.2. The van der Waals surface area contributed by atoms with Crippen LogP contribution >= 0.6 is 0 Å². The Hall–Kier alpha value is -2.33. The monoisotopic (exact) mass is 253 g/mol. The van der Waals surface area contributed by atoms with Gasteiger partial charge in [-0.3, -0.25) is 0 Å². The molecule has 3 aromatic rings. The van der Waals surface area contributed by atoms with Crippen molar-refractivity contribution in [3.8, 4) is 11.4 Å². The van der Waals surface area contributed by atoms with Crippen molar-refractivity contribution in [2.75, 3.05) is 12.3 Å². The van der Waals surface area contributed by atoms with Gasteiger partial charge in [0, 0.05) is 17.8 Å². The Morgan fingerprint density at radius 1 is 1.05 bits per heavy atom. The number of fused-ring (bicyclic) bond motifs is 1. The summed E-state index contributed by atoms with van der Waals surface area (Å²) in [6.45, 7) is 0.614. The molecule has 3 rings (SSSR count). The number of nitrogens with two attached hydrogens (primary N) is 1. The molecule has 0 aliphatic rings. The first kappa shape index (κ1) is 11.7. The predicted molar refractivity (Wildman–Crippen MR) is 76.7 cm³/mol. The minimum atomic E-state index is 0.0856. The first-order valence-corrected chi connectivity index (χ1v) is 6.21. The van der Waals surface area contributed by atoms with Crippen molar-refractivity contribution < 1.29 is 5.11 Å². The third kappa shape index (κ3) is 2.06. The summed E-state index contributed by atoms with van der Waals surface area (Å²) in [7, 11) is 0. The number of benzene rings is 2. The van der Waals surface area contributed by atoms with Crippen molar-refractivity contribution in [1.82, 2.24) is 9.55 Å². The zero-order valence-electron chi connectivity index (χ0n) is 10.5. The molecule has 0 saturated heterocycles. The zero-order valence-corrected chi connectivity index (χ0v) is 10.5. The molecule has 4 nitrogen and oxygen atoms in total. The Labute approximate surface area is 111 Å². The molecule has 0 spiro atoms. The topological polar surface area (TPSA) is 64.1 Å².